The second-order valence-corrected chi connectivity index (χ2v) is 5.81. The van der Waals surface area contributed by atoms with E-state index in [4.69, 9.17) is 0 Å². The maximum atomic E-state index is 13.8. The lowest BCUT2D eigenvalue weighted by molar-refractivity contribution is 0.103. The number of hydrogen-bond acceptors (Lipinski definition) is 1. The normalized spacial score (nSPS) is 12.4. The minimum Gasteiger partial charge on any atom is -0.341 e. The van der Waals surface area contributed by atoms with Gasteiger partial charge in [0.2, 0.25) is 5.78 Å². The second-order valence-electron chi connectivity index (χ2n) is 5.81. The highest BCUT2D eigenvalue weighted by Gasteiger charge is 2.35. The average Bonchev–Trinajstić information content (AvgIpc) is 3.00. The van der Waals surface area contributed by atoms with Crippen molar-refractivity contribution in [1.29, 1.82) is 0 Å². The van der Waals surface area contributed by atoms with Gasteiger partial charge in [0.15, 0.2) is 0 Å². The van der Waals surface area contributed by atoms with E-state index in [1.165, 1.54) is 12.1 Å². The summed E-state index contributed by atoms with van der Waals surface area (Å²) in [5.41, 5.74) is 5.99. The number of nitrogens with zero attached hydrogens (tertiary/aromatic N) is 1. The van der Waals surface area contributed by atoms with E-state index >= 15 is 0 Å². The zero-order valence-electron chi connectivity index (χ0n) is 13.1. The van der Waals surface area contributed by atoms with Crippen LogP contribution >= 0.6 is 0 Å². The molecule has 0 radical (unpaired) electrons. The van der Waals surface area contributed by atoms with Crippen LogP contribution in [-0.2, 0) is 6.54 Å². The lowest BCUT2D eigenvalue weighted by Gasteiger charge is -2.09. The van der Waals surface area contributed by atoms with Gasteiger partial charge >= 0.3 is 0 Å². The number of fused-ring (bicyclic) bond motifs is 3. The monoisotopic (exact) mass is 305 g/mol. The minimum absolute atomic E-state index is 0.0119. The van der Waals surface area contributed by atoms with Crippen LogP contribution < -0.4 is 0 Å². The first-order valence-electron chi connectivity index (χ1n) is 7.76. The van der Waals surface area contributed by atoms with E-state index in [-0.39, 0.29) is 11.6 Å². The van der Waals surface area contributed by atoms with E-state index in [9.17, 15) is 9.18 Å². The van der Waals surface area contributed by atoms with Crippen LogP contribution in [0.4, 0.5) is 4.39 Å². The van der Waals surface area contributed by atoms with Crippen molar-refractivity contribution in [2.24, 2.45) is 0 Å². The fraction of sp³-hybridized carbons (Fsp3) is 0.150. The Bertz CT molecular complexity index is 938. The van der Waals surface area contributed by atoms with Crippen LogP contribution in [-0.4, -0.2) is 10.4 Å². The van der Waals surface area contributed by atoms with Gasteiger partial charge in [-0.15, -0.1) is 0 Å². The summed E-state index contributed by atoms with van der Waals surface area (Å²) in [5.74, 6) is -0.326. The van der Waals surface area contributed by atoms with E-state index in [2.05, 4.69) is 0 Å². The predicted molar refractivity (Wildman–Crippen MR) is 89.1 cm³/mol. The van der Waals surface area contributed by atoms with Crippen molar-refractivity contribution >= 4 is 5.78 Å². The van der Waals surface area contributed by atoms with Crippen molar-refractivity contribution in [3.63, 3.8) is 0 Å². The molecule has 0 amide bonds. The molecule has 1 heterocycles. The van der Waals surface area contributed by atoms with Crippen molar-refractivity contribution in [3.8, 4) is 22.3 Å². The molecule has 1 aliphatic carbocycles. The molecule has 2 nitrogen and oxygen atoms in total. The third-order valence-corrected chi connectivity index (χ3v) is 4.61. The molecule has 3 heteroatoms. The molecule has 0 saturated carbocycles. The Morgan fingerprint density at radius 3 is 2.43 bits per heavy atom. The van der Waals surface area contributed by atoms with Gasteiger partial charge < -0.3 is 4.57 Å². The summed E-state index contributed by atoms with van der Waals surface area (Å²) >= 11 is 0. The highest BCUT2D eigenvalue weighted by molar-refractivity contribution is 6.23. The predicted octanol–water partition coefficient (Wildman–Crippen LogP) is 4.83. The van der Waals surface area contributed by atoms with Gasteiger partial charge in [0, 0.05) is 28.9 Å². The third kappa shape index (κ3) is 1.83. The van der Waals surface area contributed by atoms with Crippen molar-refractivity contribution in [3.05, 3.63) is 71.3 Å². The molecule has 0 unspecified atom stereocenters. The SMILES string of the molecule is CCn1c(C)c(-c2ccccc2)c2c1C(=O)c1ccc(F)cc1-2. The number of benzene rings is 2. The molecule has 0 fully saturated rings. The first-order chi connectivity index (χ1) is 11.1. The topological polar surface area (TPSA) is 22.0 Å². The number of hydrogen-bond donors (Lipinski definition) is 0. The summed E-state index contributed by atoms with van der Waals surface area (Å²) in [7, 11) is 0. The molecule has 0 spiro atoms. The second kappa shape index (κ2) is 4.92. The van der Waals surface area contributed by atoms with Gasteiger partial charge in [-0.25, -0.2) is 4.39 Å². The summed E-state index contributed by atoms with van der Waals surface area (Å²) in [5, 5.41) is 0. The zero-order chi connectivity index (χ0) is 16.1. The third-order valence-electron chi connectivity index (χ3n) is 4.61. The first-order valence-corrected chi connectivity index (χ1v) is 7.76. The molecule has 0 aliphatic heterocycles. The first kappa shape index (κ1) is 13.9. The van der Waals surface area contributed by atoms with Crippen LogP contribution in [0.25, 0.3) is 22.3 Å². The fourth-order valence-corrected chi connectivity index (χ4v) is 3.64. The molecule has 0 N–H and O–H groups in total. The molecule has 114 valence electrons. The Morgan fingerprint density at radius 2 is 1.74 bits per heavy atom. The Labute approximate surface area is 134 Å². The lowest BCUT2D eigenvalue weighted by Crippen LogP contribution is -2.08. The molecule has 3 aromatic rings. The van der Waals surface area contributed by atoms with Gasteiger partial charge in [-0.2, -0.15) is 0 Å². The molecule has 1 aliphatic rings. The van der Waals surface area contributed by atoms with E-state index in [1.807, 2.05) is 48.7 Å². The quantitative estimate of drug-likeness (QED) is 0.519. The maximum Gasteiger partial charge on any atom is 0.210 e. The lowest BCUT2D eigenvalue weighted by atomic mass is 9.97. The number of rotatable bonds is 2. The number of ketones is 1. The molecule has 4 rings (SSSR count). The Kier molecular flexibility index (Phi) is 2.98. The van der Waals surface area contributed by atoms with Gasteiger partial charge in [0.1, 0.15) is 5.82 Å². The van der Waals surface area contributed by atoms with Gasteiger partial charge in [-0.1, -0.05) is 30.3 Å². The Balaban J connectivity index is 2.12. The van der Waals surface area contributed by atoms with Crippen molar-refractivity contribution in [2.75, 3.05) is 0 Å². The van der Waals surface area contributed by atoms with E-state index in [1.54, 1.807) is 6.07 Å². The molecule has 2 aromatic carbocycles. The summed E-state index contributed by atoms with van der Waals surface area (Å²) in [6.45, 7) is 4.76. The molecule has 0 saturated heterocycles. The van der Waals surface area contributed by atoms with Crippen LogP contribution in [0.5, 0.6) is 0 Å². The van der Waals surface area contributed by atoms with Crippen LogP contribution in [0.1, 0.15) is 28.7 Å². The highest BCUT2D eigenvalue weighted by atomic mass is 19.1. The fourth-order valence-electron chi connectivity index (χ4n) is 3.64. The average molecular weight is 305 g/mol. The standard InChI is InChI=1S/C20H16FNO/c1-3-22-12(2)17(13-7-5-4-6-8-13)18-16-11-14(21)9-10-15(16)20(23)19(18)22/h4-11H,3H2,1-2H3. The maximum absolute atomic E-state index is 13.8. The minimum atomic E-state index is -0.315. The molecular weight excluding hydrogens is 289 g/mol. The molecular formula is C20H16FNO. The molecule has 0 bridgehead atoms. The van der Waals surface area contributed by atoms with Crippen LogP contribution in [0.2, 0.25) is 0 Å². The van der Waals surface area contributed by atoms with Crippen LogP contribution in [0.3, 0.4) is 0 Å². The smallest absolute Gasteiger partial charge is 0.210 e. The number of aromatic nitrogens is 1. The molecule has 0 atom stereocenters. The molecule has 1 aromatic heterocycles. The van der Waals surface area contributed by atoms with Gasteiger partial charge in [0.25, 0.3) is 0 Å². The zero-order valence-corrected chi connectivity index (χ0v) is 13.1. The Morgan fingerprint density at radius 1 is 1.00 bits per heavy atom. The van der Waals surface area contributed by atoms with Crippen molar-refractivity contribution < 1.29 is 9.18 Å². The number of carbonyl (C=O) groups excluding carboxylic acids is 1. The van der Waals surface area contributed by atoms with Gasteiger partial charge in [-0.3, -0.25) is 4.79 Å². The van der Waals surface area contributed by atoms with Crippen LogP contribution in [0.15, 0.2) is 48.5 Å². The van der Waals surface area contributed by atoms with Crippen molar-refractivity contribution in [1.82, 2.24) is 4.57 Å². The summed E-state index contributed by atoms with van der Waals surface area (Å²) < 4.78 is 15.8. The number of carbonyl (C=O) groups is 1. The van der Waals surface area contributed by atoms with E-state index in [0.29, 0.717) is 23.4 Å². The summed E-state index contributed by atoms with van der Waals surface area (Å²) in [4.78, 5) is 12.8. The van der Waals surface area contributed by atoms with E-state index < -0.39 is 0 Å². The van der Waals surface area contributed by atoms with Gasteiger partial charge in [0.05, 0.1) is 5.69 Å². The Hall–Kier alpha value is -2.68. The van der Waals surface area contributed by atoms with Crippen molar-refractivity contribution in [2.45, 2.75) is 20.4 Å². The van der Waals surface area contributed by atoms with E-state index in [0.717, 1.165) is 22.4 Å². The summed E-state index contributed by atoms with van der Waals surface area (Å²) in [6.07, 6.45) is 0. The number of halogens is 1. The van der Waals surface area contributed by atoms with Gasteiger partial charge in [-0.05, 0) is 43.2 Å². The molecule has 23 heavy (non-hydrogen) atoms. The van der Waals surface area contributed by atoms with Crippen LogP contribution in [0, 0.1) is 12.7 Å². The highest BCUT2D eigenvalue weighted by Crippen LogP contribution is 2.46. The largest absolute Gasteiger partial charge is 0.341 e. The summed E-state index contributed by atoms with van der Waals surface area (Å²) in [6, 6.07) is 14.4.